The average molecular weight is 308 g/mol. The first-order valence-corrected chi connectivity index (χ1v) is 7.78. The van der Waals surface area contributed by atoms with Gasteiger partial charge in [0.25, 0.3) is 0 Å². The molecular formula is C18H20N4O. The minimum Gasteiger partial charge on any atom is -0.369 e. The van der Waals surface area contributed by atoms with E-state index in [-0.39, 0.29) is 5.91 Å². The van der Waals surface area contributed by atoms with E-state index >= 15 is 0 Å². The number of carbonyl (C=O) groups is 1. The van der Waals surface area contributed by atoms with Crippen molar-refractivity contribution in [1.29, 1.82) is 0 Å². The molecule has 0 bridgehead atoms. The van der Waals surface area contributed by atoms with Crippen molar-refractivity contribution in [2.75, 3.05) is 17.2 Å². The van der Waals surface area contributed by atoms with Crippen molar-refractivity contribution in [3.05, 3.63) is 48.5 Å². The highest BCUT2D eigenvalue weighted by Gasteiger charge is 2.07. The van der Waals surface area contributed by atoms with Crippen LogP contribution in [0.15, 0.2) is 48.5 Å². The predicted octanol–water partition coefficient (Wildman–Crippen LogP) is 3.78. The maximum Gasteiger partial charge on any atom is 0.221 e. The lowest BCUT2D eigenvalue weighted by atomic mass is 10.1. The molecule has 0 spiro atoms. The molecule has 3 aromatic rings. The highest BCUT2D eigenvalue weighted by molar-refractivity contribution is 5.89. The molecule has 0 atom stereocenters. The van der Waals surface area contributed by atoms with Crippen LogP contribution in [0.25, 0.3) is 16.8 Å². The smallest absolute Gasteiger partial charge is 0.221 e. The predicted molar refractivity (Wildman–Crippen MR) is 93.7 cm³/mol. The van der Waals surface area contributed by atoms with Gasteiger partial charge in [0.1, 0.15) is 5.82 Å². The summed E-state index contributed by atoms with van der Waals surface area (Å²) >= 11 is 0. The minimum absolute atomic E-state index is 0.0775. The maximum absolute atomic E-state index is 11.2. The van der Waals surface area contributed by atoms with Crippen LogP contribution in [0.5, 0.6) is 0 Å². The molecule has 0 aliphatic carbocycles. The van der Waals surface area contributed by atoms with Crippen LogP contribution in [-0.4, -0.2) is 22.1 Å². The van der Waals surface area contributed by atoms with Gasteiger partial charge in [-0.05, 0) is 42.8 Å². The standard InChI is InChI=1S/C18H20N4O/c1-3-11-19-18-10-8-16-7-9-17(22(16)21-18)14-5-4-6-15(12-14)20-13(2)23/h4-10,12H,3,11H2,1-2H3,(H,19,21)(H,20,23). The fourth-order valence-corrected chi connectivity index (χ4v) is 2.51. The van der Waals surface area contributed by atoms with Crippen LogP contribution in [0.4, 0.5) is 11.5 Å². The van der Waals surface area contributed by atoms with Gasteiger partial charge in [-0.15, -0.1) is 5.10 Å². The molecule has 2 heterocycles. The fraction of sp³-hybridized carbons (Fsp3) is 0.222. The number of nitrogens with zero attached hydrogens (tertiary/aromatic N) is 2. The molecule has 0 radical (unpaired) electrons. The topological polar surface area (TPSA) is 58.4 Å². The molecule has 5 nitrogen and oxygen atoms in total. The summed E-state index contributed by atoms with van der Waals surface area (Å²) < 4.78 is 1.92. The number of anilines is 2. The van der Waals surface area contributed by atoms with Crippen molar-refractivity contribution in [2.24, 2.45) is 0 Å². The Morgan fingerprint density at radius 2 is 2.00 bits per heavy atom. The van der Waals surface area contributed by atoms with Crippen molar-refractivity contribution < 1.29 is 4.79 Å². The Balaban J connectivity index is 2.00. The highest BCUT2D eigenvalue weighted by atomic mass is 16.1. The third-order valence-electron chi connectivity index (χ3n) is 3.54. The molecule has 1 amide bonds. The maximum atomic E-state index is 11.2. The van der Waals surface area contributed by atoms with E-state index in [0.717, 1.165) is 41.2 Å². The van der Waals surface area contributed by atoms with Crippen LogP contribution in [-0.2, 0) is 4.79 Å². The Hall–Kier alpha value is -2.82. The number of hydrogen-bond acceptors (Lipinski definition) is 3. The van der Waals surface area contributed by atoms with E-state index in [1.807, 2.05) is 53.0 Å². The second-order valence-corrected chi connectivity index (χ2v) is 5.46. The molecule has 1 aromatic carbocycles. The van der Waals surface area contributed by atoms with Gasteiger partial charge in [-0.3, -0.25) is 4.79 Å². The van der Waals surface area contributed by atoms with Crippen LogP contribution in [0.2, 0.25) is 0 Å². The van der Waals surface area contributed by atoms with E-state index in [1.54, 1.807) is 0 Å². The zero-order valence-corrected chi connectivity index (χ0v) is 13.3. The molecule has 0 saturated heterocycles. The van der Waals surface area contributed by atoms with Gasteiger partial charge in [-0.2, -0.15) is 0 Å². The third kappa shape index (κ3) is 3.34. The van der Waals surface area contributed by atoms with E-state index in [9.17, 15) is 4.79 Å². The Labute approximate surface area is 135 Å². The van der Waals surface area contributed by atoms with Crippen LogP contribution < -0.4 is 10.6 Å². The van der Waals surface area contributed by atoms with Crippen molar-refractivity contribution in [3.8, 4) is 11.3 Å². The van der Waals surface area contributed by atoms with Gasteiger partial charge in [0.05, 0.1) is 11.2 Å². The molecular weight excluding hydrogens is 288 g/mol. The molecule has 23 heavy (non-hydrogen) atoms. The molecule has 118 valence electrons. The summed E-state index contributed by atoms with van der Waals surface area (Å²) in [7, 11) is 0. The number of rotatable bonds is 5. The molecule has 0 saturated carbocycles. The zero-order chi connectivity index (χ0) is 16.2. The first-order valence-electron chi connectivity index (χ1n) is 7.78. The molecule has 2 N–H and O–H groups in total. The summed E-state index contributed by atoms with van der Waals surface area (Å²) in [6.07, 6.45) is 1.05. The van der Waals surface area contributed by atoms with E-state index in [4.69, 9.17) is 0 Å². The SMILES string of the molecule is CCCNc1ccc2ccc(-c3cccc(NC(C)=O)c3)n2n1. The molecule has 2 aromatic heterocycles. The third-order valence-corrected chi connectivity index (χ3v) is 3.54. The fourth-order valence-electron chi connectivity index (χ4n) is 2.51. The molecule has 0 fully saturated rings. The zero-order valence-electron chi connectivity index (χ0n) is 13.3. The Morgan fingerprint density at radius 1 is 1.17 bits per heavy atom. The lowest BCUT2D eigenvalue weighted by molar-refractivity contribution is -0.114. The monoisotopic (exact) mass is 308 g/mol. The Bertz CT molecular complexity index is 838. The number of hydrogen-bond donors (Lipinski definition) is 2. The number of aromatic nitrogens is 2. The quantitative estimate of drug-likeness (QED) is 0.754. The van der Waals surface area contributed by atoms with Crippen LogP contribution in [0, 0.1) is 0 Å². The van der Waals surface area contributed by atoms with Gasteiger partial charge in [0.15, 0.2) is 0 Å². The van der Waals surface area contributed by atoms with Gasteiger partial charge in [0.2, 0.25) is 5.91 Å². The molecule has 0 unspecified atom stereocenters. The molecule has 5 heteroatoms. The van der Waals surface area contributed by atoms with Crippen molar-refractivity contribution in [3.63, 3.8) is 0 Å². The average Bonchev–Trinajstić information content (AvgIpc) is 2.95. The van der Waals surface area contributed by atoms with E-state index in [2.05, 4.69) is 22.7 Å². The molecule has 3 rings (SSSR count). The number of benzene rings is 1. The first kappa shape index (κ1) is 15.1. The van der Waals surface area contributed by atoms with E-state index in [1.165, 1.54) is 6.92 Å². The number of nitrogens with one attached hydrogen (secondary N) is 2. The van der Waals surface area contributed by atoms with Gasteiger partial charge >= 0.3 is 0 Å². The second-order valence-electron chi connectivity index (χ2n) is 5.46. The van der Waals surface area contributed by atoms with Crippen molar-refractivity contribution in [2.45, 2.75) is 20.3 Å². The summed E-state index contributed by atoms with van der Waals surface area (Å²) in [6, 6.07) is 15.9. The lowest BCUT2D eigenvalue weighted by Crippen LogP contribution is -2.06. The van der Waals surface area contributed by atoms with E-state index in [0.29, 0.717) is 0 Å². The Morgan fingerprint density at radius 3 is 2.78 bits per heavy atom. The van der Waals surface area contributed by atoms with Crippen LogP contribution in [0.1, 0.15) is 20.3 Å². The first-order chi connectivity index (χ1) is 11.2. The largest absolute Gasteiger partial charge is 0.369 e. The number of amides is 1. The summed E-state index contributed by atoms with van der Waals surface area (Å²) in [5.41, 5.74) is 3.82. The number of carbonyl (C=O) groups excluding carboxylic acids is 1. The summed E-state index contributed by atoms with van der Waals surface area (Å²) in [4.78, 5) is 11.2. The van der Waals surface area contributed by atoms with Crippen molar-refractivity contribution >= 4 is 22.9 Å². The van der Waals surface area contributed by atoms with E-state index < -0.39 is 0 Å². The normalized spacial score (nSPS) is 10.7. The van der Waals surface area contributed by atoms with Crippen LogP contribution in [0.3, 0.4) is 0 Å². The number of fused-ring (bicyclic) bond motifs is 1. The summed E-state index contributed by atoms with van der Waals surface area (Å²) in [5, 5.41) is 10.8. The Kier molecular flexibility index (Phi) is 4.28. The van der Waals surface area contributed by atoms with Gasteiger partial charge in [0, 0.05) is 24.7 Å². The van der Waals surface area contributed by atoms with Gasteiger partial charge in [-0.25, -0.2) is 4.52 Å². The van der Waals surface area contributed by atoms with Crippen LogP contribution >= 0.6 is 0 Å². The molecule has 0 aliphatic rings. The molecule has 0 aliphatic heterocycles. The minimum atomic E-state index is -0.0775. The van der Waals surface area contributed by atoms with Gasteiger partial charge in [-0.1, -0.05) is 19.1 Å². The second kappa shape index (κ2) is 6.52. The van der Waals surface area contributed by atoms with Crippen molar-refractivity contribution in [1.82, 2.24) is 9.61 Å². The summed E-state index contributed by atoms with van der Waals surface area (Å²) in [5.74, 6) is 0.779. The lowest BCUT2D eigenvalue weighted by Gasteiger charge is -2.08. The summed E-state index contributed by atoms with van der Waals surface area (Å²) in [6.45, 7) is 4.53. The van der Waals surface area contributed by atoms with Gasteiger partial charge < -0.3 is 10.6 Å². The highest BCUT2D eigenvalue weighted by Crippen LogP contribution is 2.25.